The molecule has 8 aromatic carbocycles. The molecule has 0 saturated heterocycles. The fourth-order valence-electron chi connectivity index (χ4n) is 9.75. The van der Waals surface area contributed by atoms with Gasteiger partial charge in [-0.15, -0.1) is 0 Å². The van der Waals surface area contributed by atoms with Crippen molar-refractivity contribution in [2.45, 2.75) is 19.4 Å². The van der Waals surface area contributed by atoms with Gasteiger partial charge in [0.05, 0.1) is 27.6 Å². The van der Waals surface area contributed by atoms with Crippen LogP contribution in [-0.4, -0.2) is 24.1 Å². The third-order valence-corrected chi connectivity index (χ3v) is 12.9. The molecule has 320 valence electrons. The number of hydrogen-bond donors (Lipinski definition) is 0. The van der Waals surface area contributed by atoms with Crippen molar-refractivity contribution in [1.82, 2.24) is 24.1 Å². The van der Waals surface area contributed by atoms with Crippen LogP contribution in [0.25, 0.3) is 94.3 Å². The Kier molecular flexibility index (Phi) is 10.6. The molecular formula is C62H47N5. The first kappa shape index (κ1) is 41.1. The van der Waals surface area contributed by atoms with Crippen LogP contribution in [0.15, 0.2) is 243 Å². The second kappa shape index (κ2) is 17.4. The average Bonchev–Trinajstić information content (AvgIpc) is 3.93. The van der Waals surface area contributed by atoms with Crippen LogP contribution >= 0.6 is 0 Å². The number of aromatic nitrogens is 5. The number of nitrogens with zero attached hydrogens (tertiary/aromatic N) is 5. The van der Waals surface area contributed by atoms with Gasteiger partial charge < -0.3 is 9.13 Å². The molecule has 0 fully saturated rings. The zero-order valence-corrected chi connectivity index (χ0v) is 37.5. The molecule has 0 N–H and O–H groups in total. The topological polar surface area (TPSA) is 48.5 Å². The number of benzene rings is 8. The van der Waals surface area contributed by atoms with E-state index < -0.39 is 5.54 Å². The molecule has 0 aliphatic carbocycles. The lowest BCUT2D eigenvalue weighted by Crippen LogP contribution is -2.29. The average molecular weight is 862 g/mol. The van der Waals surface area contributed by atoms with E-state index in [0.717, 1.165) is 66.7 Å². The van der Waals surface area contributed by atoms with E-state index in [1.165, 1.54) is 21.5 Å². The van der Waals surface area contributed by atoms with Gasteiger partial charge in [-0.1, -0.05) is 207 Å². The highest BCUT2D eigenvalue weighted by Crippen LogP contribution is 2.47. The summed E-state index contributed by atoms with van der Waals surface area (Å²) in [4.78, 5) is 15.6. The van der Waals surface area contributed by atoms with Crippen LogP contribution in [0.3, 0.4) is 0 Å². The molecule has 3 aromatic heterocycles. The van der Waals surface area contributed by atoms with Crippen molar-refractivity contribution in [3.8, 4) is 39.6 Å². The van der Waals surface area contributed by atoms with Gasteiger partial charge in [0, 0.05) is 43.9 Å². The predicted octanol–water partition coefficient (Wildman–Crippen LogP) is 15.7. The zero-order valence-electron chi connectivity index (χ0n) is 37.5. The third-order valence-electron chi connectivity index (χ3n) is 12.9. The molecule has 0 amide bonds. The van der Waals surface area contributed by atoms with Gasteiger partial charge >= 0.3 is 0 Å². The Labute approximate surface area is 390 Å². The standard InChI is InChI=1S/C62H47N5/c1-4-6-41-62(3,67-55-34-22-19-31-50(55)51-39-40-56-57(58(51)67)52-32-20-21-33-54(52)66(56)49-29-17-10-18-30-49)53(46-25-13-8-14-26-46)42-43(5-2)59-63-60(47-27-15-9-16-28-47)65-61(64-59)48-37-35-45(36-38-48)44-23-11-7-12-24-44/h4-42H,1H2,2-3H3/b41-6-,43-5+,53-42-. The van der Waals surface area contributed by atoms with Crippen molar-refractivity contribution in [3.63, 3.8) is 0 Å². The number of rotatable bonds is 11. The highest BCUT2D eigenvalue weighted by atomic mass is 15.1. The maximum absolute atomic E-state index is 5.28. The molecule has 1 atom stereocenters. The number of fused-ring (bicyclic) bond motifs is 7. The maximum atomic E-state index is 5.28. The number of para-hydroxylation sites is 3. The second-order valence-electron chi connectivity index (χ2n) is 16.9. The van der Waals surface area contributed by atoms with Crippen LogP contribution in [0.4, 0.5) is 0 Å². The van der Waals surface area contributed by atoms with Crippen LogP contribution in [0.1, 0.15) is 25.2 Å². The molecule has 11 rings (SSSR count). The minimum atomic E-state index is -0.805. The lowest BCUT2D eigenvalue weighted by Gasteiger charge is -2.34. The molecule has 5 nitrogen and oxygen atoms in total. The van der Waals surface area contributed by atoms with E-state index in [9.17, 15) is 0 Å². The second-order valence-corrected chi connectivity index (χ2v) is 16.9. The minimum absolute atomic E-state index is 0.581. The summed E-state index contributed by atoms with van der Waals surface area (Å²) in [6.07, 6.45) is 10.6. The molecule has 3 heterocycles. The van der Waals surface area contributed by atoms with Crippen LogP contribution in [0.2, 0.25) is 0 Å². The van der Waals surface area contributed by atoms with Gasteiger partial charge in [0.15, 0.2) is 17.5 Å². The summed E-state index contributed by atoms with van der Waals surface area (Å²) in [7, 11) is 0. The molecule has 0 radical (unpaired) electrons. The van der Waals surface area contributed by atoms with Crippen molar-refractivity contribution < 1.29 is 0 Å². The third kappa shape index (κ3) is 7.27. The highest BCUT2D eigenvalue weighted by molar-refractivity contribution is 6.26. The van der Waals surface area contributed by atoms with E-state index in [1.54, 1.807) is 0 Å². The monoisotopic (exact) mass is 861 g/mol. The van der Waals surface area contributed by atoms with Gasteiger partial charge in [0.2, 0.25) is 0 Å². The summed E-state index contributed by atoms with van der Waals surface area (Å²) in [5.41, 5.74) is 12.0. The minimum Gasteiger partial charge on any atom is -0.326 e. The van der Waals surface area contributed by atoms with E-state index in [-0.39, 0.29) is 0 Å². The van der Waals surface area contributed by atoms with E-state index in [1.807, 2.05) is 30.3 Å². The first-order valence-electron chi connectivity index (χ1n) is 22.8. The Balaban J connectivity index is 1.18. The molecule has 0 aliphatic rings. The highest BCUT2D eigenvalue weighted by Gasteiger charge is 2.34. The summed E-state index contributed by atoms with van der Waals surface area (Å²) in [5, 5.41) is 4.75. The molecule has 67 heavy (non-hydrogen) atoms. The predicted molar refractivity (Wildman–Crippen MR) is 281 cm³/mol. The Hall–Kier alpha value is -8.67. The van der Waals surface area contributed by atoms with Gasteiger partial charge in [-0.2, -0.15) is 0 Å². The van der Waals surface area contributed by atoms with Crippen molar-refractivity contribution in [1.29, 1.82) is 0 Å². The van der Waals surface area contributed by atoms with Crippen LogP contribution in [0, 0.1) is 0 Å². The van der Waals surface area contributed by atoms with Crippen LogP contribution in [0.5, 0.6) is 0 Å². The van der Waals surface area contributed by atoms with Crippen LogP contribution in [-0.2, 0) is 5.54 Å². The summed E-state index contributed by atoms with van der Waals surface area (Å²) >= 11 is 0. The summed E-state index contributed by atoms with van der Waals surface area (Å²) < 4.78 is 4.95. The molecule has 11 aromatic rings. The van der Waals surface area contributed by atoms with E-state index in [0.29, 0.717) is 17.5 Å². The fourth-order valence-corrected chi connectivity index (χ4v) is 9.75. The Morgan fingerprint density at radius 2 is 1.04 bits per heavy atom. The Bertz CT molecular complexity index is 3690. The molecular weight excluding hydrogens is 815 g/mol. The van der Waals surface area contributed by atoms with E-state index in [4.69, 9.17) is 15.0 Å². The van der Waals surface area contributed by atoms with Gasteiger partial charge in [-0.3, -0.25) is 0 Å². The molecule has 0 bridgehead atoms. The lowest BCUT2D eigenvalue weighted by molar-refractivity contribution is 0.570. The van der Waals surface area contributed by atoms with Crippen molar-refractivity contribution in [2.75, 3.05) is 0 Å². The van der Waals surface area contributed by atoms with E-state index >= 15 is 0 Å². The van der Waals surface area contributed by atoms with Gasteiger partial charge in [0.25, 0.3) is 0 Å². The van der Waals surface area contributed by atoms with Gasteiger partial charge in [-0.05, 0) is 72.5 Å². The first-order chi connectivity index (χ1) is 33.0. The molecule has 0 aliphatic heterocycles. The van der Waals surface area contributed by atoms with E-state index in [2.05, 4.69) is 236 Å². The molecule has 0 saturated carbocycles. The molecule has 0 spiro atoms. The Morgan fingerprint density at radius 1 is 0.507 bits per heavy atom. The lowest BCUT2D eigenvalue weighted by atomic mass is 9.83. The molecule has 1 unspecified atom stereocenters. The maximum Gasteiger partial charge on any atom is 0.164 e. The van der Waals surface area contributed by atoms with Crippen LogP contribution < -0.4 is 0 Å². The summed E-state index contributed by atoms with van der Waals surface area (Å²) in [5.74, 6) is 1.79. The normalized spacial score (nSPS) is 13.2. The van der Waals surface area contributed by atoms with Crippen molar-refractivity contribution >= 4 is 54.8 Å². The van der Waals surface area contributed by atoms with Gasteiger partial charge in [0.1, 0.15) is 0 Å². The van der Waals surface area contributed by atoms with Crippen molar-refractivity contribution in [3.05, 3.63) is 255 Å². The van der Waals surface area contributed by atoms with Crippen molar-refractivity contribution in [2.24, 2.45) is 0 Å². The zero-order chi connectivity index (χ0) is 45.3. The SMILES string of the molecule is C=C/C=C\C(C)(/C(=C\C(=C/C)c1nc(-c2ccccc2)nc(-c2ccc(-c3ccccc3)cc2)n1)c1ccccc1)n1c2ccccc2c2ccc3c(c4ccccc4n3-c3ccccc3)c21. The summed E-state index contributed by atoms with van der Waals surface area (Å²) in [6, 6.07) is 72.6. The number of allylic oxidation sites excluding steroid dienone is 7. The molecule has 5 heteroatoms. The largest absolute Gasteiger partial charge is 0.326 e. The quantitative estimate of drug-likeness (QED) is 0.122. The number of hydrogen-bond acceptors (Lipinski definition) is 3. The summed E-state index contributed by atoms with van der Waals surface area (Å²) in [6.45, 7) is 8.58. The fraction of sp³-hybridized carbons (Fsp3) is 0.0484. The Morgan fingerprint density at radius 3 is 1.70 bits per heavy atom. The smallest absolute Gasteiger partial charge is 0.164 e. The van der Waals surface area contributed by atoms with Gasteiger partial charge in [-0.25, -0.2) is 15.0 Å². The first-order valence-corrected chi connectivity index (χ1v) is 22.8.